The number of benzene rings is 2. The summed E-state index contributed by atoms with van der Waals surface area (Å²) in [4.78, 5) is 19.4. The minimum atomic E-state index is -0.0997. The highest BCUT2D eigenvalue weighted by molar-refractivity contribution is 6.15. The lowest BCUT2D eigenvalue weighted by Crippen LogP contribution is -2.31. The van der Waals surface area contributed by atoms with Gasteiger partial charge in [0.1, 0.15) is 24.0 Å². The number of carbonyl (C=O) groups excluding carboxylic acids is 1. The first-order valence-corrected chi connectivity index (χ1v) is 10.1. The summed E-state index contributed by atoms with van der Waals surface area (Å²) in [6.07, 6.45) is 5.34. The molecule has 0 N–H and O–H groups in total. The Kier molecular flexibility index (Phi) is 4.92. The number of aryl methyl sites for hydroxylation is 1. The van der Waals surface area contributed by atoms with E-state index in [-0.39, 0.29) is 5.78 Å². The van der Waals surface area contributed by atoms with Crippen LogP contribution in [0.5, 0.6) is 17.2 Å². The van der Waals surface area contributed by atoms with Crippen LogP contribution in [0.1, 0.15) is 32.6 Å². The van der Waals surface area contributed by atoms with Gasteiger partial charge in [-0.3, -0.25) is 14.7 Å². The molecule has 2 aliphatic rings. The number of hydrogen-bond donors (Lipinski definition) is 0. The van der Waals surface area contributed by atoms with Crippen molar-refractivity contribution in [1.82, 2.24) is 9.88 Å². The Morgan fingerprint density at radius 1 is 1.16 bits per heavy atom. The van der Waals surface area contributed by atoms with Gasteiger partial charge in [-0.05, 0) is 60.0 Å². The van der Waals surface area contributed by atoms with Crippen LogP contribution in [-0.2, 0) is 13.1 Å². The molecule has 2 aromatic carbocycles. The Morgan fingerprint density at radius 2 is 1.94 bits per heavy atom. The normalized spacial score (nSPS) is 16.5. The number of Topliss-reactive ketones (excluding diaryl/α,β-unsaturated/α-hetero) is 1. The van der Waals surface area contributed by atoms with Crippen LogP contribution in [0.25, 0.3) is 6.08 Å². The topological polar surface area (TPSA) is 60.9 Å². The first kappa shape index (κ1) is 19.3. The summed E-state index contributed by atoms with van der Waals surface area (Å²) >= 11 is 0. The molecule has 3 aromatic rings. The Hall–Kier alpha value is -3.64. The highest BCUT2D eigenvalue weighted by atomic mass is 16.5. The number of aromatic nitrogens is 1. The van der Waals surface area contributed by atoms with Gasteiger partial charge >= 0.3 is 0 Å². The summed E-state index contributed by atoms with van der Waals surface area (Å²) in [6, 6.07) is 13.4. The Morgan fingerprint density at radius 3 is 2.68 bits per heavy atom. The summed E-state index contributed by atoms with van der Waals surface area (Å²) in [6.45, 7) is 3.77. The Labute approximate surface area is 180 Å². The first-order chi connectivity index (χ1) is 15.1. The molecule has 0 atom stereocenters. The van der Waals surface area contributed by atoms with Gasteiger partial charge in [0, 0.05) is 25.5 Å². The second-order valence-corrected chi connectivity index (χ2v) is 7.70. The minimum Gasteiger partial charge on any atom is -0.497 e. The van der Waals surface area contributed by atoms with Gasteiger partial charge in [0.25, 0.3) is 0 Å². The molecule has 0 amide bonds. The van der Waals surface area contributed by atoms with E-state index in [4.69, 9.17) is 14.2 Å². The number of allylic oxidation sites excluding steroid dienone is 1. The fourth-order valence-electron chi connectivity index (χ4n) is 3.98. The number of ketones is 1. The molecule has 0 radical (unpaired) electrons. The van der Waals surface area contributed by atoms with Gasteiger partial charge in [0.15, 0.2) is 5.76 Å². The van der Waals surface area contributed by atoms with Crippen molar-refractivity contribution in [2.75, 3.05) is 13.8 Å². The third kappa shape index (κ3) is 3.66. The fraction of sp³-hybridized carbons (Fsp3) is 0.200. The monoisotopic (exact) mass is 414 g/mol. The van der Waals surface area contributed by atoms with Crippen LogP contribution in [-0.4, -0.2) is 29.5 Å². The summed E-state index contributed by atoms with van der Waals surface area (Å²) in [7, 11) is 1.62. The van der Waals surface area contributed by atoms with Crippen molar-refractivity contribution >= 4 is 11.9 Å². The highest BCUT2D eigenvalue weighted by Gasteiger charge is 2.35. The molecule has 0 saturated heterocycles. The van der Waals surface area contributed by atoms with Gasteiger partial charge in [-0.2, -0.15) is 0 Å². The number of ether oxygens (including phenoxy) is 3. The molecule has 31 heavy (non-hydrogen) atoms. The van der Waals surface area contributed by atoms with Crippen LogP contribution in [0, 0.1) is 6.92 Å². The fourth-order valence-corrected chi connectivity index (χ4v) is 3.98. The zero-order valence-corrected chi connectivity index (χ0v) is 17.4. The average molecular weight is 414 g/mol. The van der Waals surface area contributed by atoms with Crippen LogP contribution in [0.3, 0.4) is 0 Å². The van der Waals surface area contributed by atoms with Gasteiger partial charge in [-0.1, -0.05) is 12.1 Å². The maximum atomic E-state index is 13.1. The summed E-state index contributed by atoms with van der Waals surface area (Å²) < 4.78 is 17.3. The number of fused-ring (bicyclic) bond motifs is 3. The molecule has 0 fully saturated rings. The second kappa shape index (κ2) is 7.89. The maximum absolute atomic E-state index is 13.1. The molecule has 6 heteroatoms. The summed E-state index contributed by atoms with van der Waals surface area (Å²) in [5.74, 6) is 2.38. The van der Waals surface area contributed by atoms with Crippen LogP contribution < -0.4 is 14.2 Å². The highest BCUT2D eigenvalue weighted by Crippen LogP contribution is 2.44. The zero-order valence-electron chi connectivity index (χ0n) is 17.4. The minimum absolute atomic E-state index is 0.0997. The number of carbonyl (C=O) groups is 1. The van der Waals surface area contributed by atoms with Crippen molar-refractivity contribution in [2.45, 2.75) is 20.0 Å². The smallest absolute Gasteiger partial charge is 0.232 e. The number of methoxy groups -OCH3 is 1. The molecular formula is C25H22N2O4. The Bertz CT molecular complexity index is 1170. The Balaban J connectivity index is 1.45. The van der Waals surface area contributed by atoms with E-state index in [9.17, 15) is 4.79 Å². The molecule has 0 saturated carbocycles. The third-order valence-corrected chi connectivity index (χ3v) is 5.56. The summed E-state index contributed by atoms with van der Waals surface area (Å²) in [5, 5.41) is 0. The molecule has 0 spiro atoms. The van der Waals surface area contributed by atoms with Crippen LogP contribution in [0.2, 0.25) is 0 Å². The molecule has 5 rings (SSSR count). The molecule has 1 aromatic heterocycles. The van der Waals surface area contributed by atoms with Crippen LogP contribution >= 0.6 is 0 Å². The van der Waals surface area contributed by atoms with Gasteiger partial charge in [0.05, 0.1) is 18.2 Å². The van der Waals surface area contributed by atoms with Gasteiger partial charge in [-0.25, -0.2) is 0 Å². The van der Waals surface area contributed by atoms with E-state index in [1.165, 1.54) is 0 Å². The lowest BCUT2D eigenvalue weighted by atomic mass is 9.98. The molecule has 0 bridgehead atoms. The van der Waals surface area contributed by atoms with E-state index in [2.05, 4.69) is 9.88 Å². The van der Waals surface area contributed by atoms with E-state index in [1.54, 1.807) is 25.6 Å². The number of rotatable bonds is 4. The van der Waals surface area contributed by atoms with E-state index in [0.717, 1.165) is 40.3 Å². The lowest BCUT2D eigenvalue weighted by Gasteiger charge is -2.30. The van der Waals surface area contributed by atoms with Crippen molar-refractivity contribution in [2.24, 2.45) is 0 Å². The third-order valence-electron chi connectivity index (χ3n) is 5.56. The van der Waals surface area contributed by atoms with Crippen molar-refractivity contribution in [3.8, 4) is 17.2 Å². The van der Waals surface area contributed by atoms with Crippen LogP contribution in [0.4, 0.5) is 0 Å². The van der Waals surface area contributed by atoms with E-state index < -0.39 is 0 Å². The predicted molar refractivity (Wildman–Crippen MR) is 116 cm³/mol. The number of hydrogen-bond acceptors (Lipinski definition) is 6. The van der Waals surface area contributed by atoms with Gasteiger partial charge < -0.3 is 14.2 Å². The number of pyridine rings is 1. The first-order valence-electron chi connectivity index (χ1n) is 10.1. The van der Waals surface area contributed by atoms with E-state index in [0.29, 0.717) is 30.3 Å². The zero-order chi connectivity index (χ0) is 21.4. The van der Waals surface area contributed by atoms with Gasteiger partial charge in [0.2, 0.25) is 5.78 Å². The molecule has 156 valence electrons. The molecule has 0 unspecified atom stereocenters. The molecule has 6 nitrogen and oxygen atoms in total. The number of nitrogens with zero attached hydrogens (tertiary/aromatic N) is 2. The van der Waals surface area contributed by atoms with E-state index >= 15 is 0 Å². The SMILES string of the molecule is COc1ccc(/C=C2\Oc3c4c(cc(C)c3C2=O)OCN(Cc2ccncc2)C4)cc1. The maximum Gasteiger partial charge on any atom is 0.232 e. The predicted octanol–water partition coefficient (Wildman–Crippen LogP) is 4.37. The molecule has 2 aliphatic heterocycles. The molecule has 0 aliphatic carbocycles. The van der Waals surface area contributed by atoms with Crippen molar-refractivity contribution in [1.29, 1.82) is 0 Å². The lowest BCUT2D eigenvalue weighted by molar-refractivity contribution is 0.0872. The average Bonchev–Trinajstić information content (AvgIpc) is 3.12. The van der Waals surface area contributed by atoms with Crippen molar-refractivity contribution in [3.63, 3.8) is 0 Å². The van der Waals surface area contributed by atoms with E-state index in [1.807, 2.05) is 49.4 Å². The molecular weight excluding hydrogens is 392 g/mol. The standard InChI is InChI=1S/C25H22N2O4/c1-16-11-21-20(14-27(15-30-21)13-18-7-9-26-10-8-18)25-23(16)24(28)22(31-25)12-17-3-5-19(29-2)6-4-17/h3-12H,13-15H2,1-2H3/b22-12-. The van der Waals surface area contributed by atoms with Gasteiger partial charge in [-0.15, -0.1) is 0 Å². The van der Waals surface area contributed by atoms with Crippen LogP contribution in [0.15, 0.2) is 60.6 Å². The van der Waals surface area contributed by atoms with Crippen molar-refractivity contribution < 1.29 is 19.0 Å². The largest absolute Gasteiger partial charge is 0.497 e. The quantitative estimate of drug-likeness (QED) is 0.591. The molecule has 3 heterocycles. The van der Waals surface area contributed by atoms with Crippen molar-refractivity contribution in [3.05, 3.63) is 88.4 Å². The second-order valence-electron chi connectivity index (χ2n) is 7.70. The summed E-state index contributed by atoms with van der Waals surface area (Å²) in [5.41, 5.74) is 4.42.